The summed E-state index contributed by atoms with van der Waals surface area (Å²) in [4.78, 5) is 20.5. The molecule has 1 aromatic heterocycles. The van der Waals surface area contributed by atoms with Crippen molar-refractivity contribution in [1.82, 2.24) is 4.57 Å². The fraction of sp³-hybridized carbons (Fsp3) is 0.167. The molecule has 7 heteroatoms. The fourth-order valence-corrected chi connectivity index (χ4v) is 2.40. The molecule has 0 aliphatic rings. The van der Waals surface area contributed by atoms with Crippen molar-refractivity contribution in [2.24, 2.45) is 7.05 Å². The van der Waals surface area contributed by atoms with Crippen LogP contribution in [0.1, 0.15) is 10.5 Å². The van der Waals surface area contributed by atoms with E-state index in [9.17, 15) is 14.9 Å². The molecule has 0 N–H and O–H groups in total. The highest BCUT2D eigenvalue weighted by molar-refractivity contribution is 9.11. The number of rotatable bonds is 2. The second-order valence-corrected chi connectivity index (χ2v) is 3.82. The maximum Gasteiger partial charge on any atom is 0.316 e. The minimum absolute atomic E-state index is 0.135. The van der Waals surface area contributed by atoms with Gasteiger partial charge in [-0.1, -0.05) is 0 Å². The second kappa shape index (κ2) is 3.59. The predicted octanol–water partition coefficient (Wildman–Crippen LogP) is 2.27. The zero-order valence-corrected chi connectivity index (χ0v) is 9.62. The van der Waals surface area contributed by atoms with Crippen LogP contribution < -0.4 is 0 Å². The molecule has 1 rings (SSSR count). The topological polar surface area (TPSA) is 65.1 Å². The highest BCUT2D eigenvalue weighted by atomic mass is 79.9. The number of carbonyl (C=O) groups excluding carboxylic acids is 1. The van der Waals surface area contributed by atoms with Crippen molar-refractivity contribution in [1.29, 1.82) is 0 Å². The molecule has 70 valence electrons. The number of hydrogen-bond acceptors (Lipinski definition) is 3. The lowest BCUT2D eigenvalue weighted by Gasteiger charge is -1.93. The number of hydrogen-bond donors (Lipinski definition) is 0. The summed E-state index contributed by atoms with van der Waals surface area (Å²) in [6, 6.07) is 0. The largest absolute Gasteiger partial charge is 0.329 e. The van der Waals surface area contributed by atoms with Crippen LogP contribution in [0.25, 0.3) is 0 Å². The van der Waals surface area contributed by atoms with E-state index in [2.05, 4.69) is 31.9 Å². The lowest BCUT2D eigenvalue weighted by molar-refractivity contribution is -0.386. The molecular weight excluding hydrogens is 308 g/mol. The summed E-state index contributed by atoms with van der Waals surface area (Å²) >= 11 is 6.02. The highest BCUT2D eigenvalue weighted by Gasteiger charge is 2.26. The minimum Gasteiger partial charge on any atom is -0.329 e. The van der Waals surface area contributed by atoms with Gasteiger partial charge in [0.1, 0.15) is 10.2 Å². The van der Waals surface area contributed by atoms with Gasteiger partial charge in [0.15, 0.2) is 10.9 Å². The first kappa shape index (κ1) is 10.4. The van der Waals surface area contributed by atoms with Gasteiger partial charge in [0, 0.05) is 7.05 Å². The van der Waals surface area contributed by atoms with Crippen molar-refractivity contribution in [3.63, 3.8) is 0 Å². The third-order valence-corrected chi connectivity index (χ3v) is 3.27. The average molecular weight is 312 g/mol. The van der Waals surface area contributed by atoms with Crippen LogP contribution >= 0.6 is 31.9 Å². The maximum atomic E-state index is 10.5. The van der Waals surface area contributed by atoms with E-state index >= 15 is 0 Å². The van der Waals surface area contributed by atoms with Crippen LogP contribution in [0.15, 0.2) is 9.08 Å². The first-order valence-corrected chi connectivity index (χ1v) is 4.72. The number of nitrogens with zero attached hydrogens (tertiary/aromatic N) is 2. The molecule has 0 fully saturated rings. The van der Waals surface area contributed by atoms with Gasteiger partial charge >= 0.3 is 5.69 Å². The molecule has 0 atom stereocenters. The van der Waals surface area contributed by atoms with E-state index in [0.717, 1.165) is 0 Å². The first-order valence-electron chi connectivity index (χ1n) is 3.14. The van der Waals surface area contributed by atoms with Crippen LogP contribution in [0.4, 0.5) is 5.69 Å². The summed E-state index contributed by atoms with van der Waals surface area (Å²) in [6.45, 7) is 0. The summed E-state index contributed by atoms with van der Waals surface area (Å²) in [7, 11) is 1.56. The van der Waals surface area contributed by atoms with Crippen molar-refractivity contribution in [3.8, 4) is 0 Å². The molecule has 0 aliphatic carbocycles. The van der Waals surface area contributed by atoms with Crippen LogP contribution in [0.5, 0.6) is 0 Å². The number of aldehydes is 1. The van der Waals surface area contributed by atoms with E-state index in [1.165, 1.54) is 4.57 Å². The normalized spacial score (nSPS) is 10.1. The van der Waals surface area contributed by atoms with E-state index in [0.29, 0.717) is 6.29 Å². The molecule has 0 spiro atoms. The van der Waals surface area contributed by atoms with Gasteiger partial charge in [0.05, 0.1) is 4.92 Å². The zero-order chi connectivity index (χ0) is 10.2. The Balaban J connectivity index is 3.54. The summed E-state index contributed by atoms with van der Waals surface area (Å²) in [5, 5.41) is 10.5. The molecule has 1 heterocycles. The van der Waals surface area contributed by atoms with Gasteiger partial charge in [-0.15, -0.1) is 0 Å². The zero-order valence-electron chi connectivity index (χ0n) is 6.45. The number of halogens is 2. The molecule has 0 aliphatic heterocycles. The minimum atomic E-state index is -0.554. The van der Waals surface area contributed by atoms with E-state index in [-0.39, 0.29) is 20.5 Å². The van der Waals surface area contributed by atoms with Crippen LogP contribution in [0.2, 0.25) is 0 Å². The molecule has 0 unspecified atom stereocenters. The quantitative estimate of drug-likeness (QED) is 0.478. The van der Waals surface area contributed by atoms with Crippen LogP contribution in [0.3, 0.4) is 0 Å². The molecule has 1 aromatic rings. The predicted molar refractivity (Wildman–Crippen MR) is 52.9 cm³/mol. The Kier molecular flexibility index (Phi) is 2.87. The third-order valence-electron chi connectivity index (χ3n) is 1.58. The lowest BCUT2D eigenvalue weighted by Crippen LogP contribution is -1.94. The van der Waals surface area contributed by atoms with E-state index in [1.54, 1.807) is 7.05 Å². The highest BCUT2D eigenvalue weighted by Crippen LogP contribution is 2.36. The van der Waals surface area contributed by atoms with Gasteiger partial charge in [0.2, 0.25) is 0 Å². The third kappa shape index (κ3) is 1.53. The Morgan fingerprint density at radius 3 is 2.31 bits per heavy atom. The van der Waals surface area contributed by atoms with E-state index < -0.39 is 4.92 Å². The monoisotopic (exact) mass is 310 g/mol. The van der Waals surface area contributed by atoms with Gasteiger partial charge in [0.25, 0.3) is 0 Å². The number of carbonyl (C=O) groups is 1. The fourth-order valence-electron chi connectivity index (χ4n) is 0.910. The molecule has 0 radical (unpaired) electrons. The van der Waals surface area contributed by atoms with Crippen LogP contribution in [-0.4, -0.2) is 15.8 Å². The molecule has 0 saturated heterocycles. The van der Waals surface area contributed by atoms with Crippen molar-refractivity contribution < 1.29 is 9.72 Å². The second-order valence-electron chi connectivity index (χ2n) is 2.27. The Morgan fingerprint density at radius 1 is 1.54 bits per heavy atom. The first-order chi connectivity index (χ1) is 6.00. The summed E-state index contributed by atoms with van der Waals surface area (Å²) in [5.74, 6) is 0. The SMILES string of the molecule is Cn1c(Br)c([N+](=O)[O-])c(Br)c1C=O. The van der Waals surface area contributed by atoms with E-state index in [1.807, 2.05) is 0 Å². The molecular formula is C6H4Br2N2O3. The molecule has 0 aromatic carbocycles. The van der Waals surface area contributed by atoms with Crippen molar-refractivity contribution in [3.05, 3.63) is 24.9 Å². The smallest absolute Gasteiger partial charge is 0.316 e. The van der Waals surface area contributed by atoms with Gasteiger partial charge in [-0.3, -0.25) is 14.9 Å². The Labute approximate surface area is 90.1 Å². The summed E-state index contributed by atoms with van der Waals surface area (Å²) in [6.07, 6.45) is 0.557. The number of nitro groups is 1. The molecule has 0 bridgehead atoms. The van der Waals surface area contributed by atoms with Gasteiger partial charge < -0.3 is 4.57 Å². The van der Waals surface area contributed by atoms with Crippen molar-refractivity contribution in [2.45, 2.75) is 0 Å². The summed E-state index contributed by atoms with van der Waals surface area (Å²) in [5.41, 5.74) is 0.100. The average Bonchev–Trinajstić information content (AvgIpc) is 2.24. The Morgan fingerprint density at radius 2 is 2.08 bits per heavy atom. The van der Waals surface area contributed by atoms with Crippen LogP contribution in [0, 0.1) is 10.1 Å². The molecule has 5 nitrogen and oxygen atoms in total. The number of aromatic nitrogens is 1. The molecule has 13 heavy (non-hydrogen) atoms. The van der Waals surface area contributed by atoms with Crippen LogP contribution in [-0.2, 0) is 7.05 Å². The Hall–Kier alpha value is -0.690. The molecule has 0 amide bonds. The van der Waals surface area contributed by atoms with E-state index in [4.69, 9.17) is 0 Å². The van der Waals surface area contributed by atoms with Gasteiger partial charge in [-0.05, 0) is 31.9 Å². The van der Waals surface area contributed by atoms with Gasteiger partial charge in [-0.2, -0.15) is 0 Å². The van der Waals surface area contributed by atoms with Crippen molar-refractivity contribution in [2.75, 3.05) is 0 Å². The maximum absolute atomic E-state index is 10.5. The lowest BCUT2D eigenvalue weighted by atomic mass is 10.4. The Bertz CT molecular complexity index is 386. The standard InChI is InChI=1S/C6H4Br2N2O3/c1-9-3(2-11)4(7)5(6(9)8)10(12)13/h2H,1H3. The van der Waals surface area contributed by atoms with Crippen molar-refractivity contribution >= 4 is 43.8 Å². The van der Waals surface area contributed by atoms with Gasteiger partial charge in [-0.25, -0.2) is 0 Å². The summed E-state index contributed by atoms with van der Waals surface area (Å²) < 4.78 is 1.86. The molecule has 0 saturated carbocycles.